The summed E-state index contributed by atoms with van der Waals surface area (Å²) in [6.45, 7) is 0. The minimum absolute atomic E-state index is 0.254. The van der Waals surface area contributed by atoms with Crippen molar-refractivity contribution in [2.24, 2.45) is 5.92 Å². The van der Waals surface area contributed by atoms with Gasteiger partial charge in [0, 0.05) is 16.6 Å². The summed E-state index contributed by atoms with van der Waals surface area (Å²) < 4.78 is 5.09. The molecule has 1 N–H and O–H groups in total. The topological polar surface area (TPSA) is 79.2 Å². The van der Waals surface area contributed by atoms with Crippen molar-refractivity contribution in [3.05, 3.63) is 72.3 Å². The van der Waals surface area contributed by atoms with Gasteiger partial charge < -0.3 is 10.1 Å². The maximum Gasteiger partial charge on any atom is 0.249 e. The predicted molar refractivity (Wildman–Crippen MR) is 99.0 cm³/mol. The number of nitriles is 1. The number of anilines is 1. The van der Waals surface area contributed by atoms with E-state index in [0.717, 1.165) is 10.8 Å². The van der Waals surface area contributed by atoms with Crippen molar-refractivity contribution < 1.29 is 14.3 Å². The zero-order valence-corrected chi connectivity index (χ0v) is 14.1. The molecule has 0 saturated carbocycles. The number of ether oxygens (including phenoxy) is 1. The molecular formula is C21H16N2O3. The Morgan fingerprint density at radius 2 is 1.77 bits per heavy atom. The molecule has 0 aliphatic heterocycles. The molecule has 0 heterocycles. The third-order valence-corrected chi connectivity index (χ3v) is 4.06. The van der Waals surface area contributed by atoms with Gasteiger partial charge in [0.05, 0.1) is 13.2 Å². The Morgan fingerprint density at radius 1 is 1.04 bits per heavy atom. The van der Waals surface area contributed by atoms with Crippen molar-refractivity contribution in [3.63, 3.8) is 0 Å². The minimum Gasteiger partial charge on any atom is -0.497 e. The molecule has 26 heavy (non-hydrogen) atoms. The Balaban J connectivity index is 1.87. The second kappa shape index (κ2) is 7.49. The Hall–Kier alpha value is -3.65. The zero-order chi connectivity index (χ0) is 18.5. The molecule has 1 atom stereocenters. The summed E-state index contributed by atoms with van der Waals surface area (Å²) in [5, 5.41) is 13.9. The third kappa shape index (κ3) is 3.40. The first-order valence-electron chi connectivity index (χ1n) is 8.00. The van der Waals surface area contributed by atoms with E-state index < -0.39 is 17.6 Å². The van der Waals surface area contributed by atoms with E-state index in [-0.39, 0.29) is 5.56 Å². The largest absolute Gasteiger partial charge is 0.497 e. The number of benzene rings is 3. The van der Waals surface area contributed by atoms with E-state index in [1.165, 1.54) is 13.2 Å². The average molecular weight is 344 g/mol. The summed E-state index contributed by atoms with van der Waals surface area (Å²) in [5.74, 6) is -2.18. The number of carbonyl (C=O) groups excluding carboxylic acids is 2. The highest BCUT2D eigenvalue weighted by Gasteiger charge is 2.28. The van der Waals surface area contributed by atoms with Crippen molar-refractivity contribution in [2.75, 3.05) is 12.4 Å². The first-order valence-corrected chi connectivity index (χ1v) is 8.00. The van der Waals surface area contributed by atoms with Gasteiger partial charge in [-0.3, -0.25) is 9.59 Å². The summed E-state index contributed by atoms with van der Waals surface area (Å²) in [6, 6.07) is 21.2. The number of ketones is 1. The fraction of sp³-hybridized carbons (Fsp3) is 0.0952. The Bertz CT molecular complexity index is 1020. The molecule has 128 valence electrons. The van der Waals surface area contributed by atoms with Crippen LogP contribution in [0.5, 0.6) is 5.75 Å². The number of methoxy groups -OCH3 is 1. The van der Waals surface area contributed by atoms with Gasteiger partial charge in [-0.25, -0.2) is 0 Å². The summed E-state index contributed by atoms with van der Waals surface area (Å²) in [6.07, 6.45) is 0. The second-order valence-electron chi connectivity index (χ2n) is 5.67. The van der Waals surface area contributed by atoms with Crippen LogP contribution in [0.15, 0.2) is 66.7 Å². The van der Waals surface area contributed by atoms with E-state index in [4.69, 9.17) is 4.74 Å². The van der Waals surface area contributed by atoms with Gasteiger partial charge in [-0.2, -0.15) is 5.26 Å². The van der Waals surface area contributed by atoms with Crippen LogP contribution in [0.3, 0.4) is 0 Å². The van der Waals surface area contributed by atoms with Gasteiger partial charge in [0.15, 0.2) is 11.7 Å². The highest BCUT2D eigenvalue weighted by atomic mass is 16.5. The predicted octanol–water partition coefficient (Wildman–Crippen LogP) is 3.81. The molecule has 0 bridgehead atoms. The second-order valence-corrected chi connectivity index (χ2v) is 5.67. The van der Waals surface area contributed by atoms with E-state index in [1.54, 1.807) is 30.3 Å². The smallest absolute Gasteiger partial charge is 0.249 e. The van der Waals surface area contributed by atoms with Crippen molar-refractivity contribution in [1.29, 1.82) is 5.26 Å². The SMILES string of the molecule is COc1cccc(C(=O)C(C#N)C(=O)Nc2cccc3ccccc23)c1. The van der Waals surface area contributed by atoms with Gasteiger partial charge in [0.1, 0.15) is 5.75 Å². The number of hydrogen-bond donors (Lipinski definition) is 1. The lowest BCUT2D eigenvalue weighted by Gasteiger charge is -2.12. The van der Waals surface area contributed by atoms with Crippen LogP contribution in [-0.4, -0.2) is 18.8 Å². The summed E-state index contributed by atoms with van der Waals surface area (Å²) in [4.78, 5) is 25.2. The number of carbonyl (C=O) groups is 2. The van der Waals surface area contributed by atoms with Crippen LogP contribution in [0.4, 0.5) is 5.69 Å². The maximum atomic E-state index is 12.6. The number of Topliss-reactive ketones (excluding diaryl/α,β-unsaturated/α-hetero) is 1. The Kier molecular flexibility index (Phi) is 4.95. The van der Waals surface area contributed by atoms with Crippen LogP contribution in [0.2, 0.25) is 0 Å². The van der Waals surface area contributed by atoms with Crippen LogP contribution in [0.1, 0.15) is 10.4 Å². The van der Waals surface area contributed by atoms with E-state index in [2.05, 4.69) is 5.32 Å². The molecule has 3 rings (SSSR count). The van der Waals surface area contributed by atoms with Gasteiger partial charge in [0.25, 0.3) is 0 Å². The van der Waals surface area contributed by atoms with Gasteiger partial charge >= 0.3 is 0 Å². The lowest BCUT2D eigenvalue weighted by Crippen LogP contribution is -2.28. The lowest BCUT2D eigenvalue weighted by atomic mass is 9.97. The molecule has 3 aromatic rings. The van der Waals surface area contributed by atoms with Crippen LogP contribution < -0.4 is 10.1 Å². The van der Waals surface area contributed by atoms with Crippen LogP contribution in [-0.2, 0) is 4.79 Å². The highest BCUT2D eigenvalue weighted by molar-refractivity contribution is 6.17. The molecule has 0 radical (unpaired) electrons. The van der Waals surface area contributed by atoms with Gasteiger partial charge in [-0.05, 0) is 23.6 Å². The molecule has 0 spiro atoms. The van der Waals surface area contributed by atoms with Crippen LogP contribution in [0.25, 0.3) is 10.8 Å². The number of fused-ring (bicyclic) bond motifs is 1. The molecule has 0 aliphatic carbocycles. The number of amides is 1. The molecule has 0 saturated heterocycles. The fourth-order valence-corrected chi connectivity index (χ4v) is 2.72. The quantitative estimate of drug-likeness (QED) is 0.564. The first kappa shape index (κ1) is 17.2. The minimum atomic E-state index is -1.44. The molecule has 0 fully saturated rings. The molecule has 5 nitrogen and oxygen atoms in total. The molecule has 0 aliphatic rings. The lowest BCUT2D eigenvalue weighted by molar-refractivity contribution is -0.117. The molecule has 1 unspecified atom stereocenters. The van der Waals surface area contributed by atoms with E-state index in [0.29, 0.717) is 11.4 Å². The monoisotopic (exact) mass is 344 g/mol. The number of hydrogen-bond acceptors (Lipinski definition) is 4. The molecule has 5 heteroatoms. The van der Waals surface area contributed by atoms with Gasteiger partial charge in [-0.1, -0.05) is 48.5 Å². The zero-order valence-electron chi connectivity index (χ0n) is 14.1. The Morgan fingerprint density at radius 3 is 2.54 bits per heavy atom. The molecule has 0 aromatic heterocycles. The number of nitrogens with zero attached hydrogens (tertiary/aromatic N) is 1. The summed E-state index contributed by atoms with van der Waals surface area (Å²) in [7, 11) is 1.48. The Labute approximate surface area is 150 Å². The summed E-state index contributed by atoms with van der Waals surface area (Å²) in [5.41, 5.74) is 0.816. The molecule has 3 aromatic carbocycles. The van der Waals surface area contributed by atoms with E-state index in [1.807, 2.05) is 36.4 Å². The normalized spacial score (nSPS) is 11.4. The highest BCUT2D eigenvalue weighted by Crippen LogP contribution is 2.24. The molecular weight excluding hydrogens is 328 g/mol. The van der Waals surface area contributed by atoms with Gasteiger partial charge in [0.2, 0.25) is 5.91 Å². The van der Waals surface area contributed by atoms with Crippen molar-refractivity contribution in [3.8, 4) is 11.8 Å². The standard InChI is InChI=1S/C21H16N2O3/c1-26-16-9-4-8-15(12-16)20(24)18(13-22)21(25)23-19-11-5-7-14-6-2-3-10-17(14)19/h2-12,18H,1H3,(H,23,25). The van der Waals surface area contributed by atoms with Crippen molar-refractivity contribution in [1.82, 2.24) is 0 Å². The third-order valence-electron chi connectivity index (χ3n) is 4.06. The number of nitrogens with one attached hydrogen (secondary N) is 1. The van der Waals surface area contributed by atoms with E-state index >= 15 is 0 Å². The molecule has 1 amide bonds. The van der Waals surface area contributed by atoms with Crippen LogP contribution in [0, 0.1) is 17.2 Å². The maximum absolute atomic E-state index is 12.6. The van der Waals surface area contributed by atoms with Crippen molar-refractivity contribution >= 4 is 28.2 Å². The van der Waals surface area contributed by atoms with Gasteiger partial charge in [-0.15, -0.1) is 0 Å². The number of rotatable bonds is 5. The van der Waals surface area contributed by atoms with E-state index in [9.17, 15) is 14.9 Å². The van der Waals surface area contributed by atoms with Crippen molar-refractivity contribution in [2.45, 2.75) is 0 Å². The first-order chi connectivity index (χ1) is 12.6. The fourth-order valence-electron chi connectivity index (χ4n) is 2.72. The average Bonchev–Trinajstić information content (AvgIpc) is 2.68. The summed E-state index contributed by atoms with van der Waals surface area (Å²) >= 11 is 0. The van der Waals surface area contributed by atoms with Crippen LogP contribution >= 0.6 is 0 Å².